The Kier molecular flexibility index (Phi) is 8.87. The molecule has 1 aliphatic carbocycles. The van der Waals surface area contributed by atoms with E-state index in [0.29, 0.717) is 17.6 Å². The monoisotopic (exact) mass is 505 g/mol. The molecule has 0 bridgehead atoms. The number of hydrogen-bond donors (Lipinski definition) is 2. The number of aliphatic carboxylic acids is 1. The Bertz CT molecular complexity index is 1000. The van der Waals surface area contributed by atoms with Crippen molar-refractivity contribution in [1.82, 2.24) is 9.88 Å². The van der Waals surface area contributed by atoms with Gasteiger partial charge in [0.1, 0.15) is 10.5 Å². The normalized spacial score (nSPS) is 18.4. The number of nitrogens with one attached hydrogen (secondary N) is 1. The van der Waals surface area contributed by atoms with E-state index in [0.717, 1.165) is 47.6 Å². The lowest BCUT2D eigenvalue weighted by Crippen LogP contribution is -2.45. The zero-order valence-corrected chi connectivity index (χ0v) is 22.2. The second-order valence-corrected chi connectivity index (χ2v) is 12.4. The number of nitrogens with zero attached hydrogens (tertiary/aromatic N) is 2. The van der Waals surface area contributed by atoms with E-state index in [2.05, 4.69) is 29.4 Å². The largest absolute Gasteiger partial charge is 0.496 e. The van der Waals surface area contributed by atoms with E-state index < -0.39 is 10.7 Å². The summed E-state index contributed by atoms with van der Waals surface area (Å²) in [5, 5.41) is 12.8. The molecule has 0 saturated heterocycles. The predicted octanol–water partition coefficient (Wildman–Crippen LogP) is 6.07. The van der Waals surface area contributed by atoms with Crippen molar-refractivity contribution in [3.8, 4) is 5.75 Å². The number of carbonyl (C=O) groups excluding carboxylic acids is 1. The Hall–Kier alpha value is -2.26. The lowest BCUT2D eigenvalue weighted by Gasteiger charge is -2.36. The molecule has 1 aromatic heterocycles. The van der Waals surface area contributed by atoms with Crippen molar-refractivity contribution in [3.63, 3.8) is 0 Å². The first-order chi connectivity index (χ1) is 16.1. The highest BCUT2D eigenvalue weighted by Gasteiger charge is 2.30. The van der Waals surface area contributed by atoms with Gasteiger partial charge in [-0.2, -0.15) is 0 Å². The number of rotatable bonds is 9. The zero-order chi connectivity index (χ0) is 24.9. The van der Waals surface area contributed by atoms with Gasteiger partial charge in [0, 0.05) is 12.6 Å². The third-order valence-corrected chi connectivity index (χ3v) is 8.56. The van der Waals surface area contributed by atoms with Crippen molar-refractivity contribution in [2.45, 2.75) is 74.8 Å². The number of aromatic nitrogens is 1. The number of carboxylic acids is 1. The van der Waals surface area contributed by atoms with Crippen LogP contribution in [0.15, 0.2) is 28.6 Å². The molecule has 0 spiro atoms. The number of hydrogen-bond acceptors (Lipinski definition) is 6. The first kappa shape index (κ1) is 26.3. The number of urea groups is 1. The molecule has 0 radical (unpaired) electrons. The van der Waals surface area contributed by atoms with Crippen LogP contribution in [0.3, 0.4) is 0 Å². The van der Waals surface area contributed by atoms with Crippen LogP contribution in [0.2, 0.25) is 0 Å². The first-order valence-electron chi connectivity index (χ1n) is 11.7. The van der Waals surface area contributed by atoms with Gasteiger partial charge in [-0.05, 0) is 76.0 Å². The molecule has 1 heterocycles. The van der Waals surface area contributed by atoms with E-state index in [-0.39, 0.29) is 12.1 Å². The summed E-state index contributed by atoms with van der Waals surface area (Å²) < 4.78 is 5.16. The second kappa shape index (κ2) is 11.4. The fourth-order valence-corrected chi connectivity index (χ4v) is 6.44. The molecule has 0 unspecified atom stereocenters. The van der Waals surface area contributed by atoms with Crippen LogP contribution in [0.25, 0.3) is 0 Å². The smallest absolute Gasteiger partial charge is 0.323 e. The zero-order valence-electron chi connectivity index (χ0n) is 20.6. The molecule has 2 aromatic rings. The number of aryl methyl sites for hydroxylation is 1. The number of anilines is 1. The highest BCUT2D eigenvalue weighted by molar-refractivity contribution is 8.03. The van der Waals surface area contributed by atoms with Crippen LogP contribution in [0.4, 0.5) is 9.93 Å². The topological polar surface area (TPSA) is 91.8 Å². The van der Waals surface area contributed by atoms with Gasteiger partial charge in [-0.15, -0.1) is 0 Å². The minimum Gasteiger partial charge on any atom is -0.496 e. The maximum atomic E-state index is 13.3. The molecular weight excluding hydrogens is 470 g/mol. The summed E-state index contributed by atoms with van der Waals surface area (Å²) in [5.74, 6) is 0.674. The van der Waals surface area contributed by atoms with Gasteiger partial charge in [-0.3, -0.25) is 10.1 Å². The van der Waals surface area contributed by atoms with Crippen molar-refractivity contribution in [3.05, 3.63) is 35.5 Å². The fourth-order valence-electron chi connectivity index (χ4n) is 4.17. The van der Waals surface area contributed by atoms with Crippen LogP contribution in [0, 0.1) is 12.8 Å². The van der Waals surface area contributed by atoms with E-state index in [1.807, 2.05) is 17.9 Å². The Morgan fingerprint density at radius 2 is 2.00 bits per heavy atom. The molecule has 0 aliphatic heterocycles. The molecule has 1 saturated carbocycles. The van der Waals surface area contributed by atoms with Gasteiger partial charge in [0.2, 0.25) is 0 Å². The van der Waals surface area contributed by atoms with Crippen molar-refractivity contribution in [2.24, 2.45) is 5.92 Å². The SMILES string of the molecule is COc1ccc(CCN(C(=O)Nc2ncc(SC(C)(C)C(=O)O)s2)C2CCC(C)CC2)cc1C. The van der Waals surface area contributed by atoms with Crippen molar-refractivity contribution in [2.75, 3.05) is 19.0 Å². The van der Waals surface area contributed by atoms with Gasteiger partial charge >= 0.3 is 12.0 Å². The highest BCUT2D eigenvalue weighted by atomic mass is 32.2. The minimum atomic E-state index is -0.963. The van der Waals surface area contributed by atoms with E-state index in [1.165, 1.54) is 28.7 Å². The number of thiazole rings is 1. The summed E-state index contributed by atoms with van der Waals surface area (Å²) >= 11 is 2.54. The molecule has 0 atom stereocenters. The van der Waals surface area contributed by atoms with E-state index >= 15 is 0 Å². The van der Waals surface area contributed by atoms with Crippen molar-refractivity contribution >= 4 is 40.2 Å². The number of ether oxygens (including phenoxy) is 1. The van der Waals surface area contributed by atoms with E-state index in [4.69, 9.17) is 4.74 Å². The third kappa shape index (κ3) is 6.88. The van der Waals surface area contributed by atoms with Gasteiger partial charge in [-0.25, -0.2) is 9.78 Å². The number of methoxy groups -OCH3 is 1. The number of benzene rings is 1. The summed E-state index contributed by atoms with van der Waals surface area (Å²) in [5.41, 5.74) is 2.25. The fraction of sp³-hybridized carbons (Fsp3) is 0.560. The average Bonchev–Trinajstić information content (AvgIpc) is 3.21. The average molecular weight is 506 g/mol. The molecule has 34 heavy (non-hydrogen) atoms. The van der Waals surface area contributed by atoms with Crippen LogP contribution in [0.1, 0.15) is 57.6 Å². The molecule has 7 nitrogen and oxygen atoms in total. The number of thioether (sulfide) groups is 1. The summed E-state index contributed by atoms with van der Waals surface area (Å²) in [7, 11) is 1.67. The number of amides is 2. The summed E-state index contributed by atoms with van der Waals surface area (Å²) in [6.45, 7) is 8.23. The summed E-state index contributed by atoms with van der Waals surface area (Å²) in [6.07, 6.45) is 6.64. The number of carbonyl (C=O) groups is 2. The second-order valence-electron chi connectivity index (χ2n) is 9.49. The minimum absolute atomic E-state index is 0.145. The van der Waals surface area contributed by atoms with E-state index in [1.54, 1.807) is 27.2 Å². The Labute approximate surface area is 210 Å². The van der Waals surface area contributed by atoms with Crippen LogP contribution in [0.5, 0.6) is 5.75 Å². The predicted molar refractivity (Wildman–Crippen MR) is 138 cm³/mol. The van der Waals surface area contributed by atoms with Crippen LogP contribution < -0.4 is 10.1 Å². The van der Waals surface area contributed by atoms with Crippen molar-refractivity contribution < 1.29 is 19.4 Å². The maximum absolute atomic E-state index is 13.3. The van der Waals surface area contributed by atoms with Gasteiger partial charge in [0.05, 0.1) is 17.5 Å². The molecule has 3 rings (SSSR count). The van der Waals surface area contributed by atoms with E-state index in [9.17, 15) is 14.7 Å². The van der Waals surface area contributed by atoms with Gasteiger partial charge in [0.15, 0.2) is 5.13 Å². The number of carboxylic acid groups (broad SMARTS) is 1. The van der Waals surface area contributed by atoms with Crippen LogP contribution in [-0.2, 0) is 11.2 Å². The standard InChI is InChI=1S/C25H35N3O4S2/c1-16-6-9-19(10-7-16)28(13-12-18-8-11-20(32-5)17(2)14-18)24(31)27-23-26-15-21(33-23)34-25(3,4)22(29)30/h8,11,14-16,19H,6-7,9-10,12-13H2,1-5H3,(H,29,30)(H,26,27,31). The summed E-state index contributed by atoms with van der Waals surface area (Å²) in [4.78, 5) is 31.0. The molecule has 1 aromatic carbocycles. The van der Waals surface area contributed by atoms with Gasteiger partial charge in [-0.1, -0.05) is 42.2 Å². The maximum Gasteiger partial charge on any atom is 0.323 e. The van der Waals surface area contributed by atoms with Gasteiger partial charge < -0.3 is 14.7 Å². The molecule has 2 amide bonds. The third-order valence-electron chi connectivity index (χ3n) is 6.36. The summed E-state index contributed by atoms with van der Waals surface area (Å²) in [6, 6.07) is 6.21. The lowest BCUT2D eigenvalue weighted by molar-refractivity contribution is -0.138. The van der Waals surface area contributed by atoms with Gasteiger partial charge in [0.25, 0.3) is 0 Å². The van der Waals surface area contributed by atoms with Crippen LogP contribution >= 0.6 is 23.1 Å². The molecule has 9 heteroatoms. The molecule has 1 aliphatic rings. The van der Waals surface area contributed by atoms with Crippen molar-refractivity contribution in [1.29, 1.82) is 0 Å². The Morgan fingerprint density at radius 3 is 2.62 bits per heavy atom. The quantitative estimate of drug-likeness (QED) is 0.402. The molecule has 186 valence electrons. The first-order valence-corrected chi connectivity index (χ1v) is 13.3. The van der Waals surface area contributed by atoms with Crippen LogP contribution in [-0.4, -0.2) is 51.4 Å². The highest BCUT2D eigenvalue weighted by Crippen LogP contribution is 2.37. The molecule has 1 fully saturated rings. The lowest BCUT2D eigenvalue weighted by atomic mass is 9.86. The Morgan fingerprint density at radius 1 is 1.29 bits per heavy atom. The Balaban J connectivity index is 1.70. The molecule has 2 N–H and O–H groups in total. The molecular formula is C25H35N3O4S2.